The van der Waals surface area contributed by atoms with Gasteiger partial charge in [-0.1, -0.05) is 19.4 Å². The molecule has 37 heavy (non-hydrogen) atoms. The zero-order valence-electron chi connectivity index (χ0n) is 21.8. The van der Waals surface area contributed by atoms with Crippen LogP contribution in [-0.2, 0) is 4.79 Å². The fourth-order valence-corrected chi connectivity index (χ4v) is 4.94. The number of piperazine rings is 1. The molecule has 2 atom stereocenters. The van der Waals surface area contributed by atoms with E-state index in [2.05, 4.69) is 32.0 Å². The standard InChI is InChI=1S/C27H35N7O3/c1-4-5-9-32-11-12-34(25-13-19(2)29-27(31-25)33-10-8-28-17-33)22(16-32)15-26(35)30-20(3)21-6-7-23-24(14-21)37-18-36-23/h6-8,10,13-14,17,20,22H,4-5,9,11-12,15-16,18H2,1-3H3,(H,30,35). The number of anilines is 1. The van der Waals surface area contributed by atoms with Crippen LogP contribution in [0.1, 0.15) is 50.4 Å². The molecule has 1 fully saturated rings. The number of fused-ring (bicyclic) bond motifs is 1. The summed E-state index contributed by atoms with van der Waals surface area (Å²) < 4.78 is 12.7. The van der Waals surface area contributed by atoms with Gasteiger partial charge < -0.3 is 19.7 Å². The van der Waals surface area contributed by atoms with Crippen molar-refractivity contribution < 1.29 is 14.3 Å². The van der Waals surface area contributed by atoms with Crippen molar-refractivity contribution in [1.29, 1.82) is 0 Å². The second kappa shape index (κ2) is 11.2. The molecule has 196 valence electrons. The van der Waals surface area contributed by atoms with Gasteiger partial charge in [0.1, 0.15) is 12.1 Å². The molecule has 1 saturated heterocycles. The number of unbranched alkanes of at least 4 members (excludes halogenated alkanes) is 1. The molecule has 1 amide bonds. The Bertz CT molecular complexity index is 1220. The lowest BCUT2D eigenvalue weighted by Gasteiger charge is -2.42. The molecule has 2 unspecified atom stereocenters. The third kappa shape index (κ3) is 5.85. The number of hydrogen-bond acceptors (Lipinski definition) is 8. The number of benzene rings is 1. The summed E-state index contributed by atoms with van der Waals surface area (Å²) >= 11 is 0. The summed E-state index contributed by atoms with van der Waals surface area (Å²) in [4.78, 5) is 31.6. The third-order valence-electron chi connectivity index (χ3n) is 6.95. The summed E-state index contributed by atoms with van der Waals surface area (Å²) in [6.07, 6.45) is 7.93. The van der Waals surface area contributed by atoms with E-state index in [1.807, 2.05) is 48.9 Å². The van der Waals surface area contributed by atoms with Crippen molar-refractivity contribution in [2.75, 3.05) is 37.9 Å². The van der Waals surface area contributed by atoms with Crippen LogP contribution in [0.15, 0.2) is 43.0 Å². The molecule has 0 spiro atoms. The maximum absolute atomic E-state index is 13.3. The number of aromatic nitrogens is 4. The highest BCUT2D eigenvalue weighted by molar-refractivity contribution is 5.77. The normalized spacial score (nSPS) is 18.1. The number of nitrogens with zero attached hydrogens (tertiary/aromatic N) is 6. The van der Waals surface area contributed by atoms with Gasteiger partial charge in [-0.15, -0.1) is 0 Å². The van der Waals surface area contributed by atoms with E-state index in [0.717, 1.165) is 67.6 Å². The van der Waals surface area contributed by atoms with Crippen LogP contribution in [0.4, 0.5) is 5.82 Å². The quantitative estimate of drug-likeness (QED) is 0.473. The Morgan fingerprint density at radius 2 is 2.05 bits per heavy atom. The molecule has 0 bridgehead atoms. The molecule has 0 radical (unpaired) electrons. The monoisotopic (exact) mass is 505 g/mol. The molecule has 2 aliphatic rings. The largest absolute Gasteiger partial charge is 0.454 e. The number of rotatable bonds is 9. The molecule has 1 N–H and O–H groups in total. The summed E-state index contributed by atoms with van der Waals surface area (Å²) in [7, 11) is 0. The molecule has 4 heterocycles. The number of nitrogens with one attached hydrogen (secondary N) is 1. The van der Waals surface area contributed by atoms with Crippen LogP contribution in [0.3, 0.4) is 0 Å². The summed E-state index contributed by atoms with van der Waals surface area (Å²) in [6, 6.07) is 7.66. The van der Waals surface area contributed by atoms with E-state index < -0.39 is 0 Å². The Kier molecular flexibility index (Phi) is 7.55. The van der Waals surface area contributed by atoms with Gasteiger partial charge in [0.15, 0.2) is 11.5 Å². The lowest BCUT2D eigenvalue weighted by molar-refractivity contribution is -0.122. The van der Waals surface area contributed by atoms with Crippen LogP contribution in [0.2, 0.25) is 0 Å². The first-order valence-corrected chi connectivity index (χ1v) is 13.0. The van der Waals surface area contributed by atoms with Gasteiger partial charge in [-0.05, 0) is 44.5 Å². The molecule has 0 saturated carbocycles. The van der Waals surface area contributed by atoms with Gasteiger partial charge in [-0.3, -0.25) is 14.3 Å². The Morgan fingerprint density at radius 3 is 2.86 bits per heavy atom. The van der Waals surface area contributed by atoms with Crippen LogP contribution in [0.5, 0.6) is 11.5 Å². The Balaban J connectivity index is 1.32. The average Bonchev–Trinajstić information content (AvgIpc) is 3.59. The molecule has 2 aromatic heterocycles. The SMILES string of the molecule is CCCCN1CCN(c2cc(C)nc(-n3ccnc3)n2)C(CC(=O)NC(C)c2ccc3c(c2)OCO3)C1. The van der Waals surface area contributed by atoms with E-state index >= 15 is 0 Å². The highest BCUT2D eigenvalue weighted by Crippen LogP contribution is 2.34. The van der Waals surface area contributed by atoms with Gasteiger partial charge in [-0.25, -0.2) is 9.97 Å². The maximum Gasteiger partial charge on any atom is 0.237 e. The topological polar surface area (TPSA) is 97.6 Å². The first kappa shape index (κ1) is 25.0. The van der Waals surface area contributed by atoms with Crippen molar-refractivity contribution in [3.05, 3.63) is 54.2 Å². The third-order valence-corrected chi connectivity index (χ3v) is 6.95. The molecule has 10 heteroatoms. The molecule has 10 nitrogen and oxygen atoms in total. The summed E-state index contributed by atoms with van der Waals surface area (Å²) in [6.45, 7) is 10.0. The highest BCUT2D eigenvalue weighted by atomic mass is 16.7. The van der Waals surface area contributed by atoms with Gasteiger partial charge in [0.25, 0.3) is 0 Å². The zero-order chi connectivity index (χ0) is 25.8. The molecule has 3 aromatic rings. The van der Waals surface area contributed by atoms with Crippen molar-refractivity contribution in [2.24, 2.45) is 0 Å². The Hall–Kier alpha value is -3.66. The van der Waals surface area contributed by atoms with E-state index in [9.17, 15) is 4.79 Å². The molecular formula is C27H35N7O3. The van der Waals surface area contributed by atoms with Crippen molar-refractivity contribution >= 4 is 11.7 Å². The number of aryl methyl sites for hydroxylation is 1. The van der Waals surface area contributed by atoms with Gasteiger partial charge in [0.2, 0.25) is 18.6 Å². The van der Waals surface area contributed by atoms with Crippen LogP contribution < -0.4 is 19.7 Å². The summed E-state index contributed by atoms with van der Waals surface area (Å²) in [5.41, 5.74) is 1.86. The van der Waals surface area contributed by atoms with Gasteiger partial charge in [0.05, 0.1) is 12.1 Å². The van der Waals surface area contributed by atoms with Crippen LogP contribution in [0, 0.1) is 6.92 Å². The summed E-state index contributed by atoms with van der Waals surface area (Å²) in [5.74, 6) is 2.89. The predicted octanol–water partition coefficient (Wildman–Crippen LogP) is 3.26. The van der Waals surface area contributed by atoms with Crippen molar-refractivity contribution in [3.8, 4) is 17.4 Å². The van der Waals surface area contributed by atoms with Crippen LogP contribution in [0.25, 0.3) is 5.95 Å². The maximum atomic E-state index is 13.3. The second-order valence-corrected chi connectivity index (χ2v) is 9.74. The number of amides is 1. The zero-order valence-corrected chi connectivity index (χ0v) is 21.8. The minimum atomic E-state index is -0.149. The summed E-state index contributed by atoms with van der Waals surface area (Å²) in [5, 5.41) is 3.18. The van der Waals surface area contributed by atoms with Gasteiger partial charge in [0, 0.05) is 50.2 Å². The van der Waals surface area contributed by atoms with E-state index in [0.29, 0.717) is 12.4 Å². The fraction of sp³-hybridized carbons (Fsp3) is 0.481. The number of imidazole rings is 1. The van der Waals surface area contributed by atoms with E-state index in [4.69, 9.17) is 14.5 Å². The minimum Gasteiger partial charge on any atom is -0.454 e. The first-order chi connectivity index (χ1) is 18.0. The Morgan fingerprint density at radius 1 is 1.19 bits per heavy atom. The predicted molar refractivity (Wildman–Crippen MR) is 140 cm³/mol. The first-order valence-electron chi connectivity index (χ1n) is 13.0. The van der Waals surface area contributed by atoms with Crippen molar-refractivity contribution in [2.45, 2.75) is 52.1 Å². The lowest BCUT2D eigenvalue weighted by Crippen LogP contribution is -2.55. The molecule has 1 aromatic carbocycles. The van der Waals surface area contributed by atoms with Gasteiger partial charge in [-0.2, -0.15) is 4.98 Å². The average molecular weight is 506 g/mol. The van der Waals surface area contributed by atoms with Crippen LogP contribution in [-0.4, -0.2) is 69.3 Å². The molecule has 0 aliphatic carbocycles. The number of carbonyl (C=O) groups excluding carboxylic acids is 1. The number of carbonyl (C=O) groups is 1. The van der Waals surface area contributed by atoms with E-state index in [1.54, 1.807) is 12.5 Å². The Labute approximate surface area is 217 Å². The molecular weight excluding hydrogens is 470 g/mol. The van der Waals surface area contributed by atoms with E-state index in [1.165, 1.54) is 0 Å². The lowest BCUT2D eigenvalue weighted by atomic mass is 10.0. The second-order valence-electron chi connectivity index (χ2n) is 9.74. The molecule has 5 rings (SSSR count). The minimum absolute atomic E-state index is 0.000465. The van der Waals surface area contributed by atoms with Gasteiger partial charge >= 0.3 is 0 Å². The van der Waals surface area contributed by atoms with E-state index in [-0.39, 0.29) is 24.8 Å². The van der Waals surface area contributed by atoms with Crippen molar-refractivity contribution in [1.82, 2.24) is 29.7 Å². The van der Waals surface area contributed by atoms with Crippen LogP contribution >= 0.6 is 0 Å². The number of ether oxygens (including phenoxy) is 2. The highest BCUT2D eigenvalue weighted by Gasteiger charge is 2.30. The fourth-order valence-electron chi connectivity index (χ4n) is 4.94. The molecule has 2 aliphatic heterocycles. The smallest absolute Gasteiger partial charge is 0.237 e. The van der Waals surface area contributed by atoms with Crippen molar-refractivity contribution in [3.63, 3.8) is 0 Å². The number of hydrogen-bond donors (Lipinski definition) is 1.